The predicted octanol–water partition coefficient (Wildman–Crippen LogP) is 0.266. The van der Waals surface area contributed by atoms with E-state index in [-0.39, 0.29) is 25.7 Å². The van der Waals surface area contributed by atoms with E-state index < -0.39 is 5.54 Å². The van der Waals surface area contributed by atoms with Crippen LogP contribution in [0.4, 0.5) is 5.69 Å². The van der Waals surface area contributed by atoms with Crippen molar-refractivity contribution in [2.45, 2.75) is 19.4 Å². The van der Waals surface area contributed by atoms with E-state index in [0.717, 1.165) is 11.3 Å². The van der Waals surface area contributed by atoms with Crippen LogP contribution in [0, 0.1) is 6.92 Å². The monoisotopic (exact) mass is 252 g/mol. The second-order valence-corrected chi connectivity index (χ2v) is 4.64. The zero-order chi connectivity index (χ0) is 13.6. The number of aliphatic hydroxyl groups is 2. The number of carbonyl (C=O) groups excluding carboxylic acids is 1. The standard InChI is InChI=1S/C13H20N2O3/c1-10-3-5-11(6-4-10)15-12(18)7-14-13(2,8-16)9-17/h3-6,14,16-17H,7-9H2,1-2H3,(H,15,18). The lowest BCUT2D eigenvalue weighted by molar-refractivity contribution is -0.115. The van der Waals surface area contributed by atoms with Crippen LogP contribution >= 0.6 is 0 Å². The van der Waals surface area contributed by atoms with Crippen molar-refractivity contribution in [3.8, 4) is 0 Å². The number of nitrogens with one attached hydrogen (secondary N) is 2. The van der Waals surface area contributed by atoms with E-state index in [1.807, 2.05) is 31.2 Å². The molecule has 0 heterocycles. The van der Waals surface area contributed by atoms with Crippen LogP contribution in [0.3, 0.4) is 0 Å². The molecule has 0 aromatic heterocycles. The minimum absolute atomic E-state index is 0.0332. The number of carbonyl (C=O) groups is 1. The number of benzene rings is 1. The summed E-state index contributed by atoms with van der Waals surface area (Å²) in [4.78, 5) is 11.6. The van der Waals surface area contributed by atoms with Crippen molar-refractivity contribution in [1.82, 2.24) is 5.32 Å². The normalized spacial score (nSPS) is 11.3. The average molecular weight is 252 g/mol. The molecule has 0 aliphatic heterocycles. The molecule has 0 saturated heterocycles. The molecule has 0 aliphatic carbocycles. The van der Waals surface area contributed by atoms with E-state index in [1.165, 1.54) is 0 Å². The van der Waals surface area contributed by atoms with Crippen molar-refractivity contribution >= 4 is 11.6 Å². The third-order valence-electron chi connectivity index (χ3n) is 2.71. The van der Waals surface area contributed by atoms with Crippen molar-refractivity contribution in [3.63, 3.8) is 0 Å². The van der Waals surface area contributed by atoms with E-state index >= 15 is 0 Å². The van der Waals surface area contributed by atoms with Gasteiger partial charge in [0.05, 0.1) is 25.3 Å². The number of aliphatic hydroxyl groups excluding tert-OH is 2. The first-order valence-corrected chi connectivity index (χ1v) is 5.82. The van der Waals surface area contributed by atoms with Gasteiger partial charge in [-0.3, -0.25) is 10.1 Å². The fourth-order valence-electron chi connectivity index (χ4n) is 1.30. The summed E-state index contributed by atoms with van der Waals surface area (Å²) < 4.78 is 0. The highest BCUT2D eigenvalue weighted by atomic mass is 16.3. The number of rotatable bonds is 6. The lowest BCUT2D eigenvalue weighted by Crippen LogP contribution is -2.51. The van der Waals surface area contributed by atoms with Gasteiger partial charge in [-0.1, -0.05) is 17.7 Å². The summed E-state index contributed by atoms with van der Waals surface area (Å²) in [6.45, 7) is 3.18. The Kier molecular flexibility index (Phi) is 5.27. The number of hydrogen-bond acceptors (Lipinski definition) is 4. The van der Waals surface area contributed by atoms with Crippen LogP contribution in [0.5, 0.6) is 0 Å². The molecule has 0 fully saturated rings. The van der Waals surface area contributed by atoms with Gasteiger partial charge >= 0.3 is 0 Å². The van der Waals surface area contributed by atoms with Gasteiger partial charge in [0, 0.05) is 5.69 Å². The molecule has 0 spiro atoms. The summed E-state index contributed by atoms with van der Waals surface area (Å²) >= 11 is 0. The topological polar surface area (TPSA) is 81.6 Å². The smallest absolute Gasteiger partial charge is 0.238 e. The number of amides is 1. The highest BCUT2D eigenvalue weighted by Crippen LogP contribution is 2.08. The Labute approximate surface area is 107 Å². The van der Waals surface area contributed by atoms with Gasteiger partial charge in [0.15, 0.2) is 0 Å². The molecule has 0 unspecified atom stereocenters. The van der Waals surface area contributed by atoms with Crippen LogP contribution in [0.2, 0.25) is 0 Å². The van der Waals surface area contributed by atoms with Gasteiger partial charge in [0.2, 0.25) is 5.91 Å². The molecule has 1 aromatic carbocycles. The summed E-state index contributed by atoms with van der Waals surface area (Å²) in [5, 5.41) is 23.7. The Morgan fingerprint density at radius 3 is 2.28 bits per heavy atom. The molecular formula is C13H20N2O3. The first kappa shape index (κ1) is 14.6. The molecule has 0 aliphatic rings. The molecule has 5 nitrogen and oxygen atoms in total. The van der Waals surface area contributed by atoms with Crippen molar-refractivity contribution in [2.75, 3.05) is 25.1 Å². The Bertz CT molecular complexity index is 386. The fourth-order valence-corrected chi connectivity index (χ4v) is 1.30. The van der Waals surface area contributed by atoms with Crippen molar-refractivity contribution in [1.29, 1.82) is 0 Å². The van der Waals surface area contributed by atoms with E-state index in [2.05, 4.69) is 10.6 Å². The van der Waals surface area contributed by atoms with Crippen LogP contribution < -0.4 is 10.6 Å². The molecule has 1 rings (SSSR count). The van der Waals surface area contributed by atoms with Gasteiger partial charge in [0.25, 0.3) is 0 Å². The van der Waals surface area contributed by atoms with Crippen molar-refractivity contribution in [2.24, 2.45) is 0 Å². The predicted molar refractivity (Wildman–Crippen MR) is 70.4 cm³/mol. The summed E-state index contributed by atoms with van der Waals surface area (Å²) in [6, 6.07) is 7.47. The zero-order valence-electron chi connectivity index (χ0n) is 10.7. The van der Waals surface area contributed by atoms with Crippen LogP contribution in [-0.4, -0.2) is 41.4 Å². The lowest BCUT2D eigenvalue weighted by Gasteiger charge is -2.25. The number of hydrogen-bond donors (Lipinski definition) is 4. The van der Waals surface area contributed by atoms with Gasteiger partial charge in [-0.05, 0) is 26.0 Å². The Balaban J connectivity index is 2.45. The minimum atomic E-state index is -0.843. The molecule has 0 atom stereocenters. The van der Waals surface area contributed by atoms with Gasteiger partial charge < -0.3 is 15.5 Å². The largest absolute Gasteiger partial charge is 0.394 e. The molecule has 1 aromatic rings. The van der Waals surface area contributed by atoms with Crippen LogP contribution in [0.15, 0.2) is 24.3 Å². The summed E-state index contributed by atoms with van der Waals surface area (Å²) in [7, 11) is 0. The molecule has 18 heavy (non-hydrogen) atoms. The molecule has 4 N–H and O–H groups in total. The third kappa shape index (κ3) is 4.44. The third-order valence-corrected chi connectivity index (χ3v) is 2.71. The first-order valence-electron chi connectivity index (χ1n) is 5.82. The van der Waals surface area contributed by atoms with E-state index in [9.17, 15) is 4.79 Å². The average Bonchev–Trinajstić information content (AvgIpc) is 2.39. The van der Waals surface area contributed by atoms with Crippen LogP contribution in [-0.2, 0) is 4.79 Å². The molecule has 0 radical (unpaired) electrons. The van der Waals surface area contributed by atoms with Gasteiger partial charge in [-0.2, -0.15) is 0 Å². The maximum Gasteiger partial charge on any atom is 0.238 e. The van der Waals surface area contributed by atoms with E-state index in [0.29, 0.717) is 0 Å². The maximum atomic E-state index is 11.6. The van der Waals surface area contributed by atoms with Crippen molar-refractivity contribution in [3.05, 3.63) is 29.8 Å². The maximum absolute atomic E-state index is 11.6. The SMILES string of the molecule is Cc1ccc(NC(=O)CNC(C)(CO)CO)cc1. The second-order valence-electron chi connectivity index (χ2n) is 4.64. The second kappa shape index (κ2) is 6.49. The highest BCUT2D eigenvalue weighted by molar-refractivity contribution is 5.92. The summed E-state index contributed by atoms with van der Waals surface area (Å²) in [5.74, 6) is -0.216. The molecule has 0 saturated carbocycles. The van der Waals surface area contributed by atoms with E-state index in [1.54, 1.807) is 6.92 Å². The summed E-state index contributed by atoms with van der Waals surface area (Å²) in [5.41, 5.74) is 1.01. The zero-order valence-corrected chi connectivity index (χ0v) is 10.7. The van der Waals surface area contributed by atoms with Crippen molar-refractivity contribution < 1.29 is 15.0 Å². The Morgan fingerprint density at radius 1 is 1.22 bits per heavy atom. The summed E-state index contributed by atoms with van der Waals surface area (Å²) in [6.07, 6.45) is 0. The molecule has 1 amide bonds. The Hall–Kier alpha value is -1.43. The van der Waals surface area contributed by atoms with E-state index in [4.69, 9.17) is 10.2 Å². The van der Waals surface area contributed by atoms with Gasteiger partial charge in [-0.15, -0.1) is 0 Å². The fraction of sp³-hybridized carbons (Fsp3) is 0.462. The minimum Gasteiger partial charge on any atom is -0.394 e. The van der Waals surface area contributed by atoms with Gasteiger partial charge in [-0.25, -0.2) is 0 Å². The van der Waals surface area contributed by atoms with Crippen LogP contribution in [0.1, 0.15) is 12.5 Å². The first-order chi connectivity index (χ1) is 8.49. The highest BCUT2D eigenvalue weighted by Gasteiger charge is 2.22. The van der Waals surface area contributed by atoms with Gasteiger partial charge in [0.1, 0.15) is 0 Å². The number of anilines is 1. The molecule has 0 bridgehead atoms. The van der Waals surface area contributed by atoms with Crippen LogP contribution in [0.25, 0.3) is 0 Å². The molecule has 100 valence electrons. The molecular weight excluding hydrogens is 232 g/mol. The quantitative estimate of drug-likeness (QED) is 0.585. The number of aryl methyl sites for hydroxylation is 1. The Morgan fingerprint density at radius 2 is 1.78 bits per heavy atom. The molecule has 5 heteroatoms. The lowest BCUT2D eigenvalue weighted by atomic mass is 10.1.